The van der Waals surface area contributed by atoms with E-state index in [0.29, 0.717) is 5.75 Å². The quantitative estimate of drug-likeness (QED) is 0.684. The molecule has 0 aliphatic rings. The fourth-order valence-corrected chi connectivity index (χ4v) is 2.41. The monoisotopic (exact) mass is 368 g/mol. The van der Waals surface area contributed by atoms with Crippen molar-refractivity contribution in [3.63, 3.8) is 0 Å². The predicted octanol–water partition coefficient (Wildman–Crippen LogP) is 4.74. The zero-order valence-electron chi connectivity index (χ0n) is 14.1. The molecule has 0 saturated heterocycles. The molecule has 1 unspecified atom stereocenters. The van der Waals surface area contributed by atoms with Crippen molar-refractivity contribution in [1.82, 2.24) is 0 Å². The summed E-state index contributed by atoms with van der Waals surface area (Å²) in [5, 5.41) is 8.80. The van der Waals surface area contributed by atoms with Gasteiger partial charge in [0.2, 0.25) is 0 Å². The van der Waals surface area contributed by atoms with Crippen molar-refractivity contribution in [2.75, 3.05) is 13.2 Å². The third-order valence-corrected chi connectivity index (χ3v) is 3.73. The molecule has 0 bridgehead atoms. The fourth-order valence-electron chi connectivity index (χ4n) is 2.41. The lowest BCUT2D eigenvalue weighted by molar-refractivity contribution is -0.139. The second-order valence-electron chi connectivity index (χ2n) is 5.76. The van der Waals surface area contributed by atoms with Crippen LogP contribution in [-0.4, -0.2) is 24.3 Å². The van der Waals surface area contributed by atoms with Gasteiger partial charge in [-0.1, -0.05) is 31.2 Å². The Bertz CT molecular complexity index is 726. The molecule has 2 aromatic carbocycles. The van der Waals surface area contributed by atoms with Gasteiger partial charge in [-0.15, -0.1) is 0 Å². The Morgan fingerprint density at radius 1 is 1.04 bits per heavy atom. The first-order chi connectivity index (χ1) is 12.3. The van der Waals surface area contributed by atoms with E-state index >= 15 is 0 Å². The molecule has 2 aromatic rings. The minimum Gasteiger partial charge on any atom is -0.490 e. The van der Waals surface area contributed by atoms with Crippen molar-refractivity contribution in [1.29, 1.82) is 0 Å². The summed E-state index contributed by atoms with van der Waals surface area (Å²) >= 11 is 0. The van der Waals surface area contributed by atoms with Crippen molar-refractivity contribution in [3.8, 4) is 11.5 Å². The summed E-state index contributed by atoms with van der Waals surface area (Å²) in [6.45, 7) is 1.86. The summed E-state index contributed by atoms with van der Waals surface area (Å²) in [5.74, 6) is -0.691. The lowest BCUT2D eigenvalue weighted by atomic mass is 9.98. The lowest BCUT2D eigenvalue weighted by Gasteiger charge is -2.14. The number of hydrogen-bond acceptors (Lipinski definition) is 3. The van der Waals surface area contributed by atoms with Crippen LogP contribution in [0.5, 0.6) is 11.5 Å². The van der Waals surface area contributed by atoms with E-state index in [9.17, 15) is 18.0 Å². The summed E-state index contributed by atoms with van der Waals surface area (Å²) in [4.78, 5) is 10.7. The van der Waals surface area contributed by atoms with Gasteiger partial charge in [-0.3, -0.25) is 4.79 Å². The molecule has 0 fully saturated rings. The average Bonchev–Trinajstić information content (AvgIpc) is 2.58. The van der Waals surface area contributed by atoms with Gasteiger partial charge >= 0.3 is 12.1 Å². The van der Waals surface area contributed by atoms with E-state index in [1.807, 2.05) is 6.92 Å². The molecule has 7 heteroatoms. The molecule has 4 nitrogen and oxygen atoms in total. The second kappa shape index (κ2) is 8.60. The van der Waals surface area contributed by atoms with Crippen molar-refractivity contribution >= 4 is 5.97 Å². The van der Waals surface area contributed by atoms with Gasteiger partial charge in [-0.2, -0.15) is 13.2 Å². The number of ether oxygens (including phenoxy) is 2. The molecule has 0 aliphatic heterocycles. The Kier molecular flexibility index (Phi) is 6.49. The maximum absolute atomic E-state index is 12.9. The van der Waals surface area contributed by atoms with Crippen LogP contribution in [0.4, 0.5) is 13.2 Å². The Balaban J connectivity index is 1.85. The first-order valence-corrected chi connectivity index (χ1v) is 8.01. The number of benzene rings is 2. The largest absolute Gasteiger partial charge is 0.490 e. The van der Waals surface area contributed by atoms with Crippen molar-refractivity contribution in [3.05, 3.63) is 59.7 Å². The number of rotatable bonds is 8. The number of carboxylic acid groups (broad SMARTS) is 1. The van der Waals surface area contributed by atoms with Crippen molar-refractivity contribution < 1.29 is 32.5 Å². The summed E-state index contributed by atoms with van der Waals surface area (Å²) in [6.07, 6.45) is -4.44. The molecule has 0 radical (unpaired) electrons. The molecule has 1 N–H and O–H groups in total. The highest BCUT2D eigenvalue weighted by Crippen LogP contribution is 2.35. The SMILES string of the molecule is CC(CC(=O)O)c1ccc(OCCOc2ccccc2C(F)(F)F)cc1. The number of alkyl halides is 3. The van der Waals surface area contributed by atoms with E-state index in [2.05, 4.69) is 0 Å². The number of aliphatic carboxylic acids is 1. The zero-order chi connectivity index (χ0) is 19.2. The van der Waals surface area contributed by atoms with Gasteiger partial charge in [0, 0.05) is 0 Å². The number of carboxylic acids is 1. The highest BCUT2D eigenvalue weighted by atomic mass is 19.4. The van der Waals surface area contributed by atoms with Crippen molar-refractivity contribution in [2.45, 2.75) is 25.4 Å². The van der Waals surface area contributed by atoms with E-state index in [0.717, 1.165) is 11.6 Å². The molecule has 0 heterocycles. The van der Waals surface area contributed by atoms with E-state index in [4.69, 9.17) is 14.6 Å². The molecular formula is C19H19F3O4. The maximum atomic E-state index is 12.9. The smallest absolute Gasteiger partial charge is 0.419 e. The third-order valence-electron chi connectivity index (χ3n) is 3.73. The van der Waals surface area contributed by atoms with Crippen LogP contribution in [0.3, 0.4) is 0 Å². The molecule has 0 amide bonds. The summed E-state index contributed by atoms with van der Waals surface area (Å²) in [7, 11) is 0. The normalized spacial score (nSPS) is 12.5. The molecule has 140 valence electrons. The van der Waals surface area contributed by atoms with Crippen LogP contribution in [0.15, 0.2) is 48.5 Å². The fraction of sp³-hybridized carbons (Fsp3) is 0.316. The number of hydrogen-bond donors (Lipinski definition) is 1. The maximum Gasteiger partial charge on any atom is 0.419 e. The first kappa shape index (κ1) is 19.6. The van der Waals surface area contributed by atoms with Gasteiger partial charge in [0.1, 0.15) is 24.7 Å². The summed E-state index contributed by atoms with van der Waals surface area (Å²) in [5.41, 5.74) is 0.0480. The molecule has 26 heavy (non-hydrogen) atoms. The Hall–Kier alpha value is -2.70. The number of carbonyl (C=O) groups is 1. The molecule has 0 spiro atoms. The zero-order valence-corrected chi connectivity index (χ0v) is 14.1. The summed E-state index contributed by atoms with van der Waals surface area (Å²) < 4.78 is 49.2. The van der Waals surface area contributed by atoms with Crippen LogP contribution in [0.25, 0.3) is 0 Å². The van der Waals surface area contributed by atoms with Crippen LogP contribution < -0.4 is 9.47 Å². The first-order valence-electron chi connectivity index (χ1n) is 8.01. The van der Waals surface area contributed by atoms with E-state index in [1.165, 1.54) is 18.2 Å². The molecule has 1 atom stereocenters. The van der Waals surface area contributed by atoms with Crippen LogP contribution in [0.1, 0.15) is 30.4 Å². The molecule has 0 aliphatic carbocycles. The van der Waals surface area contributed by atoms with Gasteiger partial charge in [-0.25, -0.2) is 0 Å². The second-order valence-corrected chi connectivity index (χ2v) is 5.76. The molecule has 0 saturated carbocycles. The average molecular weight is 368 g/mol. The standard InChI is InChI=1S/C19H19F3O4/c1-13(12-18(23)24)14-6-8-15(9-7-14)25-10-11-26-17-5-3-2-4-16(17)19(20,21)22/h2-9,13H,10-12H2,1H3,(H,23,24). The Morgan fingerprint density at radius 2 is 1.65 bits per heavy atom. The van der Waals surface area contributed by atoms with E-state index < -0.39 is 17.7 Å². The number of para-hydroxylation sites is 1. The van der Waals surface area contributed by atoms with E-state index in [-0.39, 0.29) is 31.3 Å². The topological polar surface area (TPSA) is 55.8 Å². The van der Waals surface area contributed by atoms with Crippen LogP contribution in [-0.2, 0) is 11.0 Å². The van der Waals surface area contributed by atoms with Gasteiger partial charge in [0.05, 0.1) is 12.0 Å². The summed E-state index contributed by atoms with van der Waals surface area (Å²) in [6, 6.07) is 11.9. The number of halogens is 3. The molecular weight excluding hydrogens is 349 g/mol. The predicted molar refractivity (Wildman–Crippen MR) is 89.5 cm³/mol. The highest BCUT2D eigenvalue weighted by Gasteiger charge is 2.33. The minimum atomic E-state index is -4.47. The van der Waals surface area contributed by atoms with E-state index in [1.54, 1.807) is 24.3 Å². The van der Waals surface area contributed by atoms with Gasteiger partial charge in [0.15, 0.2) is 0 Å². The Labute approximate surface area is 149 Å². The molecule has 2 rings (SSSR count). The third kappa shape index (κ3) is 5.68. The van der Waals surface area contributed by atoms with Crippen LogP contribution >= 0.6 is 0 Å². The lowest BCUT2D eigenvalue weighted by Crippen LogP contribution is -2.13. The Morgan fingerprint density at radius 3 is 2.27 bits per heavy atom. The highest BCUT2D eigenvalue weighted by molar-refractivity contribution is 5.67. The van der Waals surface area contributed by atoms with Gasteiger partial charge in [-0.05, 0) is 35.7 Å². The van der Waals surface area contributed by atoms with Gasteiger partial charge < -0.3 is 14.6 Å². The molecule has 0 aromatic heterocycles. The van der Waals surface area contributed by atoms with Crippen LogP contribution in [0, 0.1) is 0 Å². The van der Waals surface area contributed by atoms with Gasteiger partial charge in [0.25, 0.3) is 0 Å². The van der Waals surface area contributed by atoms with Crippen LogP contribution in [0.2, 0.25) is 0 Å². The van der Waals surface area contributed by atoms with Crippen molar-refractivity contribution in [2.24, 2.45) is 0 Å². The minimum absolute atomic E-state index is 0.0344.